The van der Waals surface area contributed by atoms with E-state index in [0.717, 1.165) is 6.07 Å². The SMILES string of the molecule is CCOP(C)(=O)C(CC)Oc1cc(N)c(F)cc1Cl. The number of hydrogen-bond acceptors (Lipinski definition) is 4. The van der Waals surface area contributed by atoms with E-state index in [1.807, 2.05) is 6.92 Å². The van der Waals surface area contributed by atoms with Crippen molar-refractivity contribution in [3.05, 3.63) is 23.0 Å². The Hall–Kier alpha value is -0.770. The second kappa shape index (κ2) is 6.60. The smallest absolute Gasteiger partial charge is 0.239 e. The lowest BCUT2D eigenvalue weighted by Gasteiger charge is -2.24. The van der Waals surface area contributed by atoms with E-state index in [1.54, 1.807) is 6.92 Å². The van der Waals surface area contributed by atoms with Crippen LogP contribution >= 0.6 is 19.0 Å². The van der Waals surface area contributed by atoms with Gasteiger partial charge >= 0.3 is 0 Å². The summed E-state index contributed by atoms with van der Waals surface area (Å²) in [5.74, 6) is -1.06. The number of ether oxygens (including phenoxy) is 1. The van der Waals surface area contributed by atoms with Crippen LogP contribution in [0.3, 0.4) is 0 Å². The quantitative estimate of drug-likeness (QED) is 0.634. The van der Waals surface area contributed by atoms with Crippen molar-refractivity contribution in [2.45, 2.75) is 26.1 Å². The van der Waals surface area contributed by atoms with Gasteiger partial charge in [-0.05, 0) is 19.4 Å². The number of nitrogen functional groups attached to an aromatic ring is 1. The van der Waals surface area contributed by atoms with Crippen LogP contribution in [0.15, 0.2) is 12.1 Å². The Labute approximate surface area is 117 Å². The molecule has 7 heteroatoms. The summed E-state index contributed by atoms with van der Waals surface area (Å²) in [6.45, 7) is 5.41. The van der Waals surface area contributed by atoms with Gasteiger partial charge in [-0.1, -0.05) is 18.5 Å². The van der Waals surface area contributed by atoms with Crippen molar-refractivity contribution in [3.63, 3.8) is 0 Å². The Morgan fingerprint density at radius 3 is 2.63 bits per heavy atom. The molecule has 108 valence electrons. The molecule has 0 aliphatic rings. The first-order valence-corrected chi connectivity index (χ1v) is 8.46. The zero-order chi connectivity index (χ0) is 14.6. The van der Waals surface area contributed by atoms with Crippen molar-refractivity contribution in [3.8, 4) is 5.75 Å². The number of benzene rings is 1. The van der Waals surface area contributed by atoms with Gasteiger partial charge in [0.1, 0.15) is 11.6 Å². The lowest BCUT2D eigenvalue weighted by Crippen LogP contribution is -2.17. The van der Waals surface area contributed by atoms with Gasteiger partial charge in [0.05, 0.1) is 17.3 Å². The molecule has 1 rings (SSSR count). The fraction of sp³-hybridized carbons (Fsp3) is 0.500. The highest BCUT2D eigenvalue weighted by Crippen LogP contribution is 2.50. The Morgan fingerprint density at radius 1 is 1.47 bits per heavy atom. The molecule has 0 saturated heterocycles. The molecule has 0 aromatic heterocycles. The first-order chi connectivity index (χ1) is 8.81. The lowest BCUT2D eigenvalue weighted by molar-refractivity contribution is 0.229. The number of halogens is 2. The van der Waals surface area contributed by atoms with Crippen LogP contribution in [-0.2, 0) is 9.09 Å². The maximum Gasteiger partial charge on any atom is 0.239 e. The topological polar surface area (TPSA) is 61.5 Å². The molecule has 2 atom stereocenters. The molecule has 4 nitrogen and oxygen atoms in total. The van der Waals surface area contributed by atoms with Gasteiger partial charge in [-0.2, -0.15) is 0 Å². The van der Waals surface area contributed by atoms with Gasteiger partial charge in [0.15, 0.2) is 5.85 Å². The summed E-state index contributed by atoms with van der Waals surface area (Å²) in [4.78, 5) is 0. The third-order valence-electron chi connectivity index (χ3n) is 2.57. The molecule has 0 heterocycles. The van der Waals surface area contributed by atoms with E-state index in [9.17, 15) is 8.96 Å². The minimum Gasteiger partial charge on any atom is -0.479 e. The molecule has 1 aromatic carbocycles. The summed E-state index contributed by atoms with van der Waals surface area (Å²) in [5, 5.41) is 0.0849. The van der Waals surface area contributed by atoms with Gasteiger partial charge in [-0.3, -0.25) is 4.57 Å². The third kappa shape index (κ3) is 4.10. The molecule has 1 aromatic rings. The van der Waals surface area contributed by atoms with Gasteiger partial charge in [0.25, 0.3) is 0 Å². The highest BCUT2D eigenvalue weighted by Gasteiger charge is 2.30. The molecule has 0 saturated carbocycles. The maximum absolute atomic E-state index is 13.2. The predicted octanol–water partition coefficient (Wildman–Crippen LogP) is 4.12. The van der Waals surface area contributed by atoms with Crippen molar-refractivity contribution in [2.75, 3.05) is 19.0 Å². The van der Waals surface area contributed by atoms with Crippen LogP contribution in [0.25, 0.3) is 0 Å². The summed E-state index contributed by atoms with van der Waals surface area (Å²) in [5.41, 5.74) is 5.39. The van der Waals surface area contributed by atoms with E-state index in [-0.39, 0.29) is 16.5 Å². The van der Waals surface area contributed by atoms with Gasteiger partial charge in [-0.15, -0.1) is 0 Å². The molecule has 2 unspecified atom stereocenters. The standard InChI is InChI=1S/C12H18ClFNO3P/c1-4-12(19(3,16)17-5-2)18-11-7-10(15)9(14)6-8(11)13/h6-7,12H,4-5,15H2,1-3H3. The fourth-order valence-electron chi connectivity index (χ4n) is 1.63. The number of nitrogens with two attached hydrogens (primary N) is 1. The first kappa shape index (κ1) is 16.3. The zero-order valence-corrected chi connectivity index (χ0v) is 12.8. The molecule has 19 heavy (non-hydrogen) atoms. The van der Waals surface area contributed by atoms with Crippen LogP contribution in [0.1, 0.15) is 20.3 Å². The van der Waals surface area contributed by atoms with Crippen molar-refractivity contribution in [2.24, 2.45) is 0 Å². The molecule has 0 aliphatic carbocycles. The second-order valence-corrected chi connectivity index (χ2v) is 7.17. The molecular formula is C12H18ClFNO3P. The van der Waals surface area contributed by atoms with Gasteiger partial charge < -0.3 is 15.0 Å². The first-order valence-electron chi connectivity index (χ1n) is 5.94. The molecule has 0 radical (unpaired) electrons. The van der Waals surface area contributed by atoms with E-state index in [0.29, 0.717) is 13.0 Å². The van der Waals surface area contributed by atoms with Crippen LogP contribution in [-0.4, -0.2) is 19.1 Å². The molecule has 0 amide bonds. The monoisotopic (exact) mass is 309 g/mol. The highest BCUT2D eigenvalue weighted by molar-refractivity contribution is 7.58. The normalized spacial score (nSPS) is 15.8. The van der Waals surface area contributed by atoms with Gasteiger partial charge in [0, 0.05) is 12.7 Å². The Morgan fingerprint density at radius 2 is 2.11 bits per heavy atom. The number of hydrogen-bond donors (Lipinski definition) is 1. The molecule has 0 aliphatic heterocycles. The van der Waals surface area contributed by atoms with Crippen LogP contribution in [0, 0.1) is 5.82 Å². The Balaban J connectivity index is 2.99. The molecule has 0 fully saturated rings. The lowest BCUT2D eigenvalue weighted by atomic mass is 10.3. The average Bonchev–Trinajstić information content (AvgIpc) is 2.31. The maximum atomic E-state index is 13.2. The van der Waals surface area contributed by atoms with E-state index in [4.69, 9.17) is 26.6 Å². The molecular weight excluding hydrogens is 292 g/mol. The number of anilines is 1. The number of rotatable bonds is 6. The fourth-order valence-corrected chi connectivity index (χ4v) is 3.47. The minimum absolute atomic E-state index is 0.0726. The van der Waals surface area contributed by atoms with Crippen LogP contribution < -0.4 is 10.5 Å². The van der Waals surface area contributed by atoms with Crippen LogP contribution in [0.4, 0.5) is 10.1 Å². The van der Waals surface area contributed by atoms with Gasteiger partial charge in [-0.25, -0.2) is 4.39 Å². The summed E-state index contributed by atoms with van der Waals surface area (Å²) < 4.78 is 36.3. The Kier molecular flexibility index (Phi) is 5.65. The highest BCUT2D eigenvalue weighted by atomic mass is 35.5. The molecule has 0 spiro atoms. The largest absolute Gasteiger partial charge is 0.479 e. The molecule has 0 bridgehead atoms. The summed E-state index contributed by atoms with van der Waals surface area (Å²) >= 11 is 5.88. The van der Waals surface area contributed by atoms with Crippen molar-refractivity contribution >= 4 is 24.7 Å². The zero-order valence-electron chi connectivity index (χ0n) is 11.2. The third-order valence-corrected chi connectivity index (χ3v) is 5.16. The van der Waals surface area contributed by atoms with Crippen molar-refractivity contribution in [1.29, 1.82) is 0 Å². The summed E-state index contributed by atoms with van der Waals surface area (Å²) in [7, 11) is -2.93. The van der Waals surface area contributed by atoms with Crippen molar-refractivity contribution in [1.82, 2.24) is 0 Å². The van der Waals surface area contributed by atoms with Crippen LogP contribution in [0.5, 0.6) is 5.75 Å². The van der Waals surface area contributed by atoms with E-state index >= 15 is 0 Å². The van der Waals surface area contributed by atoms with E-state index < -0.39 is 19.0 Å². The van der Waals surface area contributed by atoms with E-state index in [1.165, 1.54) is 12.7 Å². The van der Waals surface area contributed by atoms with Gasteiger partial charge in [0.2, 0.25) is 7.37 Å². The minimum atomic E-state index is -2.93. The Bertz CT molecular complexity index is 498. The summed E-state index contributed by atoms with van der Waals surface area (Å²) in [6.07, 6.45) is 0.474. The summed E-state index contributed by atoms with van der Waals surface area (Å²) in [6, 6.07) is 2.35. The second-order valence-electron chi connectivity index (χ2n) is 4.11. The average molecular weight is 310 g/mol. The molecule has 2 N–H and O–H groups in total. The predicted molar refractivity (Wildman–Crippen MR) is 75.7 cm³/mol. The van der Waals surface area contributed by atoms with Crippen molar-refractivity contribution < 1.29 is 18.2 Å². The van der Waals surface area contributed by atoms with E-state index in [2.05, 4.69) is 0 Å². The van der Waals surface area contributed by atoms with Crippen LogP contribution in [0.2, 0.25) is 5.02 Å².